The van der Waals surface area contributed by atoms with Gasteiger partial charge in [0.15, 0.2) is 0 Å². The van der Waals surface area contributed by atoms with E-state index in [9.17, 15) is 4.79 Å². The zero-order valence-electron chi connectivity index (χ0n) is 11.7. The first-order valence-corrected chi connectivity index (χ1v) is 7.41. The van der Waals surface area contributed by atoms with Crippen molar-refractivity contribution < 1.29 is 4.79 Å². The van der Waals surface area contributed by atoms with Gasteiger partial charge in [-0.15, -0.1) is 6.42 Å². The molecule has 4 aliphatic heterocycles. The van der Waals surface area contributed by atoms with E-state index >= 15 is 0 Å². The van der Waals surface area contributed by atoms with Crippen LogP contribution in [0.4, 0.5) is 0 Å². The van der Waals surface area contributed by atoms with Crippen LogP contribution in [-0.4, -0.2) is 40.8 Å². The molecule has 4 rings (SSSR count). The molecule has 4 unspecified atom stereocenters. The second-order valence-corrected chi connectivity index (χ2v) is 6.34. The Morgan fingerprint density at radius 1 is 1.52 bits per heavy atom. The Balaban J connectivity index is 1.66. The number of terminal acetylenes is 1. The fraction of sp³-hybridized carbons (Fsp3) is 0.500. The molecule has 0 aromatic rings. The molecule has 5 heteroatoms. The monoisotopic (exact) mass is 282 g/mol. The molecule has 2 fully saturated rings. The van der Waals surface area contributed by atoms with Crippen molar-refractivity contribution in [1.29, 1.82) is 0 Å². The molecular formula is C16H18N4O. The number of nitrogens with one attached hydrogen (secondary N) is 1. The Morgan fingerprint density at radius 3 is 3.00 bits per heavy atom. The number of primary amides is 1. The first-order valence-electron chi connectivity index (χ1n) is 7.41. The number of hydrogen-bond acceptors (Lipinski definition) is 4. The fourth-order valence-corrected chi connectivity index (χ4v) is 4.15. The molecule has 0 radical (unpaired) electrons. The summed E-state index contributed by atoms with van der Waals surface area (Å²) in [6, 6.07) is 1.07. The second-order valence-electron chi connectivity index (χ2n) is 6.34. The van der Waals surface area contributed by atoms with Gasteiger partial charge in [-0.2, -0.15) is 0 Å². The quantitative estimate of drug-likeness (QED) is 0.708. The number of amidine groups is 1. The van der Waals surface area contributed by atoms with E-state index in [0.29, 0.717) is 30.1 Å². The summed E-state index contributed by atoms with van der Waals surface area (Å²) in [6.45, 7) is 0.634. The molecule has 0 aromatic carbocycles. The summed E-state index contributed by atoms with van der Waals surface area (Å²) < 4.78 is 0. The topological polar surface area (TPSA) is 70.7 Å². The Hall–Kier alpha value is -2.06. The van der Waals surface area contributed by atoms with Crippen LogP contribution in [0.1, 0.15) is 19.3 Å². The van der Waals surface area contributed by atoms with Gasteiger partial charge < -0.3 is 16.0 Å². The van der Waals surface area contributed by atoms with Crippen LogP contribution in [0.3, 0.4) is 0 Å². The minimum Gasteiger partial charge on any atom is -0.366 e. The molecule has 108 valence electrons. The molecule has 3 N–H and O–H groups in total. The predicted octanol–water partition coefficient (Wildman–Crippen LogP) is 0.152. The molecule has 0 aromatic heterocycles. The van der Waals surface area contributed by atoms with Crippen molar-refractivity contribution >= 4 is 11.7 Å². The Bertz CT molecular complexity index is 641. The van der Waals surface area contributed by atoms with Crippen LogP contribution >= 0.6 is 0 Å². The van der Waals surface area contributed by atoms with Crippen LogP contribution in [0.5, 0.6) is 0 Å². The minimum atomic E-state index is -0.490. The zero-order valence-corrected chi connectivity index (χ0v) is 11.7. The lowest BCUT2D eigenvalue weighted by Gasteiger charge is -2.33. The van der Waals surface area contributed by atoms with Crippen molar-refractivity contribution in [3.63, 3.8) is 0 Å². The van der Waals surface area contributed by atoms with Crippen molar-refractivity contribution in [2.45, 2.75) is 36.9 Å². The number of fused-ring (bicyclic) bond motifs is 3. The molecule has 4 aliphatic rings. The van der Waals surface area contributed by atoms with E-state index < -0.39 is 11.4 Å². The summed E-state index contributed by atoms with van der Waals surface area (Å²) in [5.74, 6) is 3.74. The highest BCUT2D eigenvalue weighted by Gasteiger charge is 2.53. The molecule has 1 amide bonds. The van der Waals surface area contributed by atoms with E-state index in [1.165, 1.54) is 12.8 Å². The van der Waals surface area contributed by atoms with Crippen molar-refractivity contribution in [3.8, 4) is 12.3 Å². The third-order valence-electron chi connectivity index (χ3n) is 5.17. The van der Waals surface area contributed by atoms with Gasteiger partial charge in [-0.25, -0.2) is 4.99 Å². The number of carbonyl (C=O) groups excluding carboxylic acids is 1. The van der Waals surface area contributed by atoms with Gasteiger partial charge in [0.25, 0.3) is 0 Å². The first-order chi connectivity index (χ1) is 10.1. The molecule has 2 saturated heterocycles. The maximum absolute atomic E-state index is 11.3. The lowest BCUT2D eigenvalue weighted by atomic mass is 9.75. The molecule has 0 aliphatic carbocycles. The van der Waals surface area contributed by atoms with Gasteiger partial charge >= 0.3 is 0 Å². The van der Waals surface area contributed by atoms with Crippen LogP contribution in [0.2, 0.25) is 0 Å². The van der Waals surface area contributed by atoms with Crippen LogP contribution in [0.15, 0.2) is 28.9 Å². The summed E-state index contributed by atoms with van der Waals surface area (Å²) >= 11 is 0. The summed E-state index contributed by atoms with van der Waals surface area (Å²) in [6.07, 6.45) is 14.7. The average molecular weight is 282 g/mol. The normalized spacial score (nSPS) is 39.8. The second kappa shape index (κ2) is 4.22. The molecule has 0 spiro atoms. The van der Waals surface area contributed by atoms with Crippen molar-refractivity contribution in [1.82, 2.24) is 10.2 Å². The molecule has 4 heterocycles. The molecule has 21 heavy (non-hydrogen) atoms. The van der Waals surface area contributed by atoms with Crippen LogP contribution in [0.25, 0.3) is 0 Å². The Labute approximate surface area is 124 Å². The summed E-state index contributed by atoms with van der Waals surface area (Å²) in [4.78, 5) is 18.1. The standard InChI is InChI=1S/C16H18N4O/c1-2-16(12-7-11-4-5-13(12)18-11)9-20-8-10(15(17)21)3-6-14(20)19-16/h1,3,6,8,11-13,18H,4-5,7,9H2,(H2,17,21). The first kappa shape index (κ1) is 12.7. The maximum Gasteiger partial charge on any atom is 0.250 e. The van der Waals surface area contributed by atoms with E-state index in [4.69, 9.17) is 17.1 Å². The fourth-order valence-electron chi connectivity index (χ4n) is 4.15. The Morgan fingerprint density at radius 2 is 2.38 bits per heavy atom. The van der Waals surface area contributed by atoms with Crippen molar-refractivity contribution in [2.75, 3.05) is 6.54 Å². The average Bonchev–Trinajstić information content (AvgIpc) is 3.19. The molecular weight excluding hydrogens is 264 g/mol. The van der Waals surface area contributed by atoms with Gasteiger partial charge in [-0.05, 0) is 31.4 Å². The van der Waals surface area contributed by atoms with Gasteiger partial charge in [0.2, 0.25) is 5.91 Å². The zero-order chi connectivity index (χ0) is 14.6. The number of amides is 1. The van der Waals surface area contributed by atoms with Crippen molar-refractivity contribution in [2.24, 2.45) is 16.6 Å². The predicted molar refractivity (Wildman–Crippen MR) is 80.2 cm³/mol. The summed E-state index contributed by atoms with van der Waals surface area (Å²) in [7, 11) is 0. The smallest absolute Gasteiger partial charge is 0.250 e. The molecule has 4 atom stereocenters. The highest BCUT2D eigenvalue weighted by molar-refractivity contribution is 6.03. The van der Waals surface area contributed by atoms with E-state index in [1.807, 2.05) is 11.0 Å². The van der Waals surface area contributed by atoms with Crippen LogP contribution in [0, 0.1) is 18.3 Å². The SMILES string of the molecule is C#CC1(C2CC3CCC2N3)CN2C=C(C(N)=O)C=CC2=N1. The van der Waals surface area contributed by atoms with E-state index in [-0.39, 0.29) is 0 Å². The van der Waals surface area contributed by atoms with E-state index in [2.05, 4.69) is 11.2 Å². The Kier molecular flexibility index (Phi) is 2.54. The van der Waals surface area contributed by atoms with Crippen molar-refractivity contribution in [3.05, 3.63) is 23.9 Å². The van der Waals surface area contributed by atoms with Crippen LogP contribution < -0.4 is 11.1 Å². The summed E-state index contributed by atoms with van der Waals surface area (Å²) in [5, 5.41) is 3.63. The molecule has 2 bridgehead atoms. The van der Waals surface area contributed by atoms with Gasteiger partial charge in [0.05, 0.1) is 12.1 Å². The highest BCUT2D eigenvalue weighted by Crippen LogP contribution is 2.43. The van der Waals surface area contributed by atoms with E-state index in [0.717, 1.165) is 12.3 Å². The van der Waals surface area contributed by atoms with Gasteiger partial charge in [0, 0.05) is 24.2 Å². The number of nitrogens with two attached hydrogens (primary N) is 1. The largest absolute Gasteiger partial charge is 0.366 e. The van der Waals surface area contributed by atoms with E-state index in [1.54, 1.807) is 12.3 Å². The molecule has 5 nitrogen and oxygen atoms in total. The number of carbonyl (C=O) groups is 1. The molecule has 0 saturated carbocycles. The number of rotatable bonds is 2. The van der Waals surface area contributed by atoms with Crippen LogP contribution in [-0.2, 0) is 4.79 Å². The van der Waals surface area contributed by atoms with Gasteiger partial charge in [0.1, 0.15) is 11.4 Å². The van der Waals surface area contributed by atoms with Gasteiger partial charge in [-0.1, -0.05) is 5.92 Å². The third kappa shape index (κ3) is 1.76. The number of hydrogen-bond donors (Lipinski definition) is 2. The number of aliphatic imine (C=N–C) groups is 1. The van der Waals surface area contributed by atoms with Gasteiger partial charge in [-0.3, -0.25) is 4.79 Å². The minimum absolute atomic E-state index is 0.373. The maximum atomic E-state index is 11.3. The lowest BCUT2D eigenvalue weighted by Crippen LogP contribution is -2.45. The third-order valence-corrected chi connectivity index (χ3v) is 5.17. The number of nitrogens with zero attached hydrogens (tertiary/aromatic N) is 2. The highest BCUT2D eigenvalue weighted by atomic mass is 16.1. The summed E-state index contributed by atoms with van der Waals surface area (Å²) in [5.41, 5.74) is 5.35. The lowest BCUT2D eigenvalue weighted by molar-refractivity contribution is -0.114.